The molecule has 0 fully saturated rings. The number of aromatic nitrogens is 2. The van der Waals surface area contributed by atoms with Gasteiger partial charge in [-0.15, -0.1) is 0 Å². The van der Waals surface area contributed by atoms with E-state index < -0.39 is 10.0 Å². The molecule has 114 valence electrons. The summed E-state index contributed by atoms with van der Waals surface area (Å²) in [6.45, 7) is 3.47. The van der Waals surface area contributed by atoms with E-state index in [-0.39, 0.29) is 6.54 Å². The average Bonchev–Trinajstić information content (AvgIpc) is 2.89. The molecule has 0 atom stereocenters. The molecule has 0 spiro atoms. The molecule has 0 saturated heterocycles. The van der Waals surface area contributed by atoms with Gasteiger partial charge in [-0.3, -0.25) is 4.68 Å². The van der Waals surface area contributed by atoms with Gasteiger partial charge in [-0.2, -0.15) is 5.10 Å². The Morgan fingerprint density at radius 2 is 1.95 bits per heavy atom. The van der Waals surface area contributed by atoms with Gasteiger partial charge in [-0.1, -0.05) is 25.1 Å². The molecule has 0 unspecified atom stereocenters. The topological polar surface area (TPSA) is 76.0 Å². The third-order valence-corrected chi connectivity index (χ3v) is 4.54. The summed E-state index contributed by atoms with van der Waals surface area (Å²) in [5.74, 6) is 0. The van der Waals surface area contributed by atoms with Gasteiger partial charge < -0.3 is 5.32 Å². The van der Waals surface area contributed by atoms with Crippen LogP contribution in [-0.2, 0) is 30.2 Å². The van der Waals surface area contributed by atoms with Gasteiger partial charge >= 0.3 is 0 Å². The summed E-state index contributed by atoms with van der Waals surface area (Å²) in [7, 11) is -1.75. The highest BCUT2D eigenvalue weighted by Gasteiger charge is 2.17. The monoisotopic (exact) mass is 308 g/mol. The highest BCUT2D eigenvalue weighted by Crippen LogP contribution is 2.15. The van der Waals surface area contributed by atoms with Crippen LogP contribution in [0.3, 0.4) is 0 Å². The first kappa shape index (κ1) is 15.7. The number of hydrogen-bond acceptors (Lipinski definition) is 4. The maximum absolute atomic E-state index is 12.4. The number of sulfonamides is 1. The van der Waals surface area contributed by atoms with Crippen LogP contribution in [0.5, 0.6) is 0 Å². The zero-order valence-electron chi connectivity index (χ0n) is 12.2. The number of rotatable bonds is 7. The first-order chi connectivity index (χ1) is 10.0. The molecule has 0 amide bonds. The van der Waals surface area contributed by atoms with Gasteiger partial charge in [0.25, 0.3) is 0 Å². The minimum atomic E-state index is -3.55. The smallest absolute Gasteiger partial charge is 0.241 e. The van der Waals surface area contributed by atoms with E-state index in [1.54, 1.807) is 36.1 Å². The second-order valence-electron chi connectivity index (χ2n) is 4.69. The minimum absolute atomic E-state index is 0.179. The first-order valence-corrected chi connectivity index (χ1v) is 8.28. The van der Waals surface area contributed by atoms with Crippen LogP contribution in [0.25, 0.3) is 0 Å². The maximum atomic E-state index is 12.4. The molecule has 21 heavy (non-hydrogen) atoms. The lowest BCUT2D eigenvalue weighted by Crippen LogP contribution is -2.25. The summed E-state index contributed by atoms with van der Waals surface area (Å²) in [4.78, 5) is 0.307. The molecular weight excluding hydrogens is 288 g/mol. The molecule has 0 aliphatic carbocycles. The standard InChI is InChI=1S/C14H20N4O2S/c1-3-15-10-12-6-4-5-7-14(12)21(19,20)16-11-13-8-9-18(2)17-13/h4-9,15-16H,3,10-11H2,1-2H3. The normalized spacial score (nSPS) is 11.7. The fourth-order valence-corrected chi connectivity index (χ4v) is 3.21. The van der Waals surface area contributed by atoms with E-state index in [1.807, 2.05) is 19.1 Å². The molecule has 0 aliphatic heterocycles. The molecular formula is C14H20N4O2S. The van der Waals surface area contributed by atoms with Crippen LogP contribution in [-0.4, -0.2) is 24.7 Å². The fraction of sp³-hybridized carbons (Fsp3) is 0.357. The quantitative estimate of drug-likeness (QED) is 0.800. The summed E-state index contributed by atoms with van der Waals surface area (Å²) in [6, 6.07) is 8.79. The van der Waals surface area contributed by atoms with Crippen molar-refractivity contribution < 1.29 is 8.42 Å². The van der Waals surface area contributed by atoms with Gasteiger partial charge in [0.05, 0.1) is 17.1 Å². The van der Waals surface area contributed by atoms with Gasteiger partial charge in [-0.05, 0) is 24.2 Å². The Bertz CT molecular complexity index is 695. The van der Waals surface area contributed by atoms with Crippen molar-refractivity contribution in [2.24, 2.45) is 7.05 Å². The van der Waals surface area contributed by atoms with Crippen LogP contribution < -0.4 is 10.0 Å². The molecule has 2 rings (SSSR count). The van der Waals surface area contributed by atoms with Crippen molar-refractivity contribution in [1.29, 1.82) is 0 Å². The predicted molar refractivity (Wildman–Crippen MR) is 81.1 cm³/mol. The third kappa shape index (κ3) is 4.13. The predicted octanol–water partition coefficient (Wildman–Crippen LogP) is 1.01. The maximum Gasteiger partial charge on any atom is 0.241 e. The Labute approximate surface area is 125 Å². The van der Waals surface area contributed by atoms with Crippen LogP contribution in [0.15, 0.2) is 41.4 Å². The number of aryl methyl sites for hydroxylation is 1. The molecule has 6 nitrogen and oxygen atoms in total. The van der Waals surface area contributed by atoms with Crippen molar-refractivity contribution in [2.75, 3.05) is 6.54 Å². The van der Waals surface area contributed by atoms with E-state index in [9.17, 15) is 8.42 Å². The zero-order valence-corrected chi connectivity index (χ0v) is 13.0. The summed E-state index contributed by atoms with van der Waals surface area (Å²) < 4.78 is 29.1. The lowest BCUT2D eigenvalue weighted by atomic mass is 10.2. The number of hydrogen-bond donors (Lipinski definition) is 2. The SMILES string of the molecule is CCNCc1ccccc1S(=O)(=O)NCc1ccn(C)n1. The number of benzene rings is 1. The van der Waals surface area contributed by atoms with Crippen molar-refractivity contribution in [3.63, 3.8) is 0 Å². The van der Waals surface area contributed by atoms with E-state index in [2.05, 4.69) is 15.1 Å². The fourth-order valence-electron chi connectivity index (χ4n) is 1.98. The molecule has 0 bridgehead atoms. The molecule has 2 aromatic rings. The van der Waals surface area contributed by atoms with Crippen LogP contribution in [0, 0.1) is 0 Å². The second-order valence-corrected chi connectivity index (χ2v) is 6.43. The van der Waals surface area contributed by atoms with E-state index >= 15 is 0 Å². The molecule has 0 radical (unpaired) electrons. The van der Waals surface area contributed by atoms with Crippen molar-refractivity contribution in [3.8, 4) is 0 Å². The van der Waals surface area contributed by atoms with Crippen LogP contribution >= 0.6 is 0 Å². The van der Waals surface area contributed by atoms with E-state index in [0.717, 1.165) is 12.1 Å². The largest absolute Gasteiger partial charge is 0.313 e. The summed E-state index contributed by atoms with van der Waals surface area (Å²) >= 11 is 0. The molecule has 1 aromatic carbocycles. The lowest BCUT2D eigenvalue weighted by Gasteiger charge is -2.11. The Balaban J connectivity index is 2.15. The Kier molecular flexibility index (Phi) is 5.11. The van der Waals surface area contributed by atoms with Crippen molar-refractivity contribution in [1.82, 2.24) is 19.8 Å². The molecule has 1 aromatic heterocycles. The Morgan fingerprint density at radius 3 is 2.62 bits per heavy atom. The molecule has 0 saturated carbocycles. The van der Waals surface area contributed by atoms with Gasteiger partial charge in [0.1, 0.15) is 0 Å². The number of nitrogens with zero attached hydrogens (tertiary/aromatic N) is 2. The van der Waals surface area contributed by atoms with E-state index in [1.165, 1.54) is 0 Å². The molecule has 2 N–H and O–H groups in total. The van der Waals surface area contributed by atoms with Crippen molar-refractivity contribution in [2.45, 2.75) is 24.9 Å². The molecule has 1 heterocycles. The van der Waals surface area contributed by atoms with Crippen molar-refractivity contribution in [3.05, 3.63) is 47.8 Å². The minimum Gasteiger partial charge on any atom is -0.313 e. The third-order valence-electron chi connectivity index (χ3n) is 3.04. The lowest BCUT2D eigenvalue weighted by molar-refractivity contribution is 0.577. The zero-order chi connectivity index (χ0) is 15.3. The van der Waals surface area contributed by atoms with Crippen LogP contribution in [0.2, 0.25) is 0 Å². The first-order valence-electron chi connectivity index (χ1n) is 6.79. The molecule has 0 aliphatic rings. The highest BCUT2D eigenvalue weighted by atomic mass is 32.2. The van der Waals surface area contributed by atoms with Crippen LogP contribution in [0.4, 0.5) is 0 Å². The summed E-state index contributed by atoms with van der Waals surface area (Å²) in [5, 5.41) is 7.30. The van der Waals surface area contributed by atoms with E-state index in [0.29, 0.717) is 17.1 Å². The van der Waals surface area contributed by atoms with Gasteiger partial charge in [0.2, 0.25) is 10.0 Å². The van der Waals surface area contributed by atoms with Gasteiger partial charge in [0.15, 0.2) is 0 Å². The molecule has 7 heteroatoms. The second kappa shape index (κ2) is 6.84. The van der Waals surface area contributed by atoms with Gasteiger partial charge in [0, 0.05) is 19.8 Å². The Hall–Kier alpha value is -1.70. The average molecular weight is 308 g/mol. The van der Waals surface area contributed by atoms with Crippen LogP contribution in [0.1, 0.15) is 18.2 Å². The Morgan fingerprint density at radius 1 is 1.19 bits per heavy atom. The van der Waals surface area contributed by atoms with E-state index in [4.69, 9.17) is 0 Å². The highest BCUT2D eigenvalue weighted by molar-refractivity contribution is 7.89. The van der Waals surface area contributed by atoms with Crippen molar-refractivity contribution >= 4 is 10.0 Å². The number of nitrogens with one attached hydrogen (secondary N) is 2. The summed E-state index contributed by atoms with van der Waals surface area (Å²) in [5.41, 5.74) is 1.44. The van der Waals surface area contributed by atoms with Gasteiger partial charge in [-0.25, -0.2) is 13.1 Å². The summed E-state index contributed by atoms with van der Waals surface area (Å²) in [6.07, 6.45) is 1.78.